The Morgan fingerprint density at radius 3 is 2.67 bits per heavy atom. The van der Waals surface area contributed by atoms with Crippen LogP contribution in [0.1, 0.15) is 30.1 Å². The van der Waals surface area contributed by atoms with Crippen LogP contribution >= 0.6 is 23.2 Å². The smallest absolute Gasteiger partial charge is 0.220 e. The number of hydrogen-bond donors (Lipinski definition) is 1. The molecule has 0 spiro atoms. The third-order valence-corrected chi connectivity index (χ3v) is 5.23. The topological polar surface area (TPSA) is 72.7 Å². The molecule has 6 nitrogen and oxygen atoms in total. The van der Waals surface area contributed by atoms with Crippen molar-refractivity contribution in [2.75, 3.05) is 0 Å². The summed E-state index contributed by atoms with van der Waals surface area (Å²) >= 11 is 12.6. The first-order chi connectivity index (χ1) is 13.1. The molecule has 8 heteroatoms. The van der Waals surface area contributed by atoms with E-state index in [-0.39, 0.29) is 11.9 Å². The summed E-state index contributed by atoms with van der Waals surface area (Å²) in [4.78, 5) is 20.4. The second-order valence-electron chi connectivity index (χ2n) is 6.45. The van der Waals surface area contributed by atoms with E-state index in [1.807, 2.05) is 18.2 Å². The molecule has 2 aromatic heterocycles. The molecule has 1 aromatic carbocycles. The number of hydrogen-bond acceptors (Lipinski definition) is 4. The molecule has 0 unspecified atom stereocenters. The lowest BCUT2D eigenvalue weighted by Crippen LogP contribution is -2.28. The van der Waals surface area contributed by atoms with Gasteiger partial charge in [-0.05, 0) is 36.2 Å². The SMILES string of the molecule is O=C1CC[C@H](Cc2nc(Cc3c(Cl)cccc3Cl)nn2-c2cccnc2)N1. The van der Waals surface area contributed by atoms with Crippen LogP contribution in [0.4, 0.5) is 0 Å². The Balaban J connectivity index is 1.68. The molecule has 0 aliphatic carbocycles. The largest absolute Gasteiger partial charge is 0.353 e. The summed E-state index contributed by atoms with van der Waals surface area (Å²) in [7, 11) is 0. The molecule has 1 saturated heterocycles. The van der Waals surface area contributed by atoms with Crippen LogP contribution in [0.15, 0.2) is 42.7 Å². The van der Waals surface area contributed by atoms with Gasteiger partial charge < -0.3 is 5.32 Å². The van der Waals surface area contributed by atoms with Crippen LogP contribution in [-0.2, 0) is 17.6 Å². The van der Waals surface area contributed by atoms with Crippen LogP contribution in [-0.4, -0.2) is 31.7 Å². The Kier molecular flexibility index (Phi) is 5.09. The monoisotopic (exact) mass is 401 g/mol. The minimum atomic E-state index is 0.0638. The van der Waals surface area contributed by atoms with Crippen LogP contribution in [0.2, 0.25) is 10.0 Å². The number of rotatable bonds is 5. The zero-order valence-corrected chi connectivity index (χ0v) is 15.9. The van der Waals surface area contributed by atoms with E-state index in [1.54, 1.807) is 29.2 Å². The highest BCUT2D eigenvalue weighted by Gasteiger charge is 2.24. The summed E-state index contributed by atoms with van der Waals surface area (Å²) in [6.07, 6.45) is 5.82. The summed E-state index contributed by atoms with van der Waals surface area (Å²) < 4.78 is 1.78. The third kappa shape index (κ3) is 3.96. The van der Waals surface area contributed by atoms with Crippen molar-refractivity contribution in [2.24, 2.45) is 0 Å². The van der Waals surface area contributed by atoms with E-state index in [9.17, 15) is 4.79 Å². The standard InChI is InChI=1S/C19H17Cl2N5O/c20-15-4-1-5-16(21)14(15)10-17-24-18(9-12-6-7-19(27)23-12)26(25-17)13-3-2-8-22-11-13/h1-5,8,11-12H,6-7,9-10H2,(H,23,27)/t12-/m1/s1. The van der Waals surface area contributed by atoms with Gasteiger partial charge in [-0.3, -0.25) is 9.78 Å². The lowest BCUT2D eigenvalue weighted by atomic mass is 10.1. The van der Waals surface area contributed by atoms with Crippen LogP contribution in [0.5, 0.6) is 0 Å². The molecule has 1 fully saturated rings. The van der Waals surface area contributed by atoms with Gasteiger partial charge in [0.2, 0.25) is 5.91 Å². The molecule has 0 radical (unpaired) electrons. The molecule has 1 atom stereocenters. The second-order valence-corrected chi connectivity index (χ2v) is 7.27. The molecule has 1 aliphatic rings. The van der Waals surface area contributed by atoms with Crippen molar-refractivity contribution in [1.29, 1.82) is 0 Å². The molecule has 0 bridgehead atoms. The number of nitrogens with one attached hydrogen (secondary N) is 1. The predicted octanol–water partition coefficient (Wildman–Crippen LogP) is 3.38. The summed E-state index contributed by atoms with van der Waals surface area (Å²) in [5.74, 6) is 1.47. The van der Waals surface area contributed by atoms with Crippen LogP contribution in [0.25, 0.3) is 5.69 Å². The van der Waals surface area contributed by atoms with E-state index in [0.717, 1.165) is 23.5 Å². The van der Waals surface area contributed by atoms with E-state index in [0.29, 0.717) is 35.1 Å². The van der Waals surface area contributed by atoms with Crippen molar-refractivity contribution >= 4 is 29.1 Å². The molecule has 138 valence electrons. The first-order valence-corrected chi connectivity index (χ1v) is 9.43. The first-order valence-electron chi connectivity index (χ1n) is 8.67. The highest BCUT2D eigenvalue weighted by Crippen LogP contribution is 2.26. The quantitative estimate of drug-likeness (QED) is 0.710. The summed E-state index contributed by atoms with van der Waals surface area (Å²) in [5, 5.41) is 8.81. The fourth-order valence-electron chi connectivity index (χ4n) is 3.19. The molecule has 3 aromatic rings. The fraction of sp³-hybridized carbons (Fsp3) is 0.263. The van der Waals surface area contributed by atoms with Gasteiger partial charge in [0.25, 0.3) is 0 Å². The number of pyridine rings is 1. The lowest BCUT2D eigenvalue weighted by molar-refractivity contribution is -0.119. The number of nitrogens with zero attached hydrogens (tertiary/aromatic N) is 4. The van der Waals surface area contributed by atoms with Gasteiger partial charge in [-0.2, -0.15) is 5.10 Å². The van der Waals surface area contributed by atoms with E-state index < -0.39 is 0 Å². The average Bonchev–Trinajstić information content (AvgIpc) is 3.25. The Morgan fingerprint density at radius 1 is 1.19 bits per heavy atom. The lowest BCUT2D eigenvalue weighted by Gasteiger charge is -2.10. The van der Waals surface area contributed by atoms with E-state index in [2.05, 4.69) is 15.4 Å². The molecule has 0 saturated carbocycles. The molecule has 1 aliphatic heterocycles. The number of carbonyl (C=O) groups excluding carboxylic acids is 1. The third-order valence-electron chi connectivity index (χ3n) is 4.52. The van der Waals surface area contributed by atoms with E-state index in [1.165, 1.54) is 0 Å². The Bertz CT molecular complexity index is 953. The zero-order chi connectivity index (χ0) is 18.8. The maximum absolute atomic E-state index is 11.5. The highest BCUT2D eigenvalue weighted by atomic mass is 35.5. The first kappa shape index (κ1) is 17.9. The Labute approximate surface area is 166 Å². The summed E-state index contributed by atoms with van der Waals surface area (Å²) in [6, 6.07) is 9.25. The minimum Gasteiger partial charge on any atom is -0.353 e. The molecule has 1 N–H and O–H groups in total. The van der Waals surface area contributed by atoms with Gasteiger partial charge in [0.05, 0.1) is 11.9 Å². The van der Waals surface area contributed by atoms with Gasteiger partial charge in [-0.15, -0.1) is 0 Å². The molecular weight excluding hydrogens is 385 g/mol. The Hall–Kier alpha value is -2.44. The van der Waals surface area contributed by atoms with E-state index in [4.69, 9.17) is 28.2 Å². The van der Waals surface area contributed by atoms with Crippen molar-refractivity contribution in [3.05, 3.63) is 70.0 Å². The molecular formula is C19H17Cl2N5O. The van der Waals surface area contributed by atoms with Gasteiger partial charge in [-0.1, -0.05) is 29.3 Å². The molecule has 1 amide bonds. The molecule has 3 heterocycles. The van der Waals surface area contributed by atoms with E-state index >= 15 is 0 Å². The van der Waals surface area contributed by atoms with Crippen molar-refractivity contribution in [2.45, 2.75) is 31.7 Å². The number of amides is 1. The van der Waals surface area contributed by atoms with Crippen LogP contribution in [0, 0.1) is 0 Å². The van der Waals surface area contributed by atoms with Gasteiger partial charge in [0, 0.05) is 41.5 Å². The fourth-order valence-corrected chi connectivity index (χ4v) is 3.73. The summed E-state index contributed by atoms with van der Waals surface area (Å²) in [6.45, 7) is 0. The molecule has 27 heavy (non-hydrogen) atoms. The summed E-state index contributed by atoms with van der Waals surface area (Å²) in [5.41, 5.74) is 1.62. The molecule has 4 rings (SSSR count). The average molecular weight is 402 g/mol. The van der Waals surface area contributed by atoms with Gasteiger partial charge in [0.15, 0.2) is 5.82 Å². The van der Waals surface area contributed by atoms with Crippen molar-refractivity contribution < 1.29 is 4.79 Å². The van der Waals surface area contributed by atoms with Crippen molar-refractivity contribution in [3.8, 4) is 5.69 Å². The highest BCUT2D eigenvalue weighted by molar-refractivity contribution is 6.36. The predicted molar refractivity (Wildman–Crippen MR) is 103 cm³/mol. The van der Waals surface area contributed by atoms with Crippen molar-refractivity contribution in [1.82, 2.24) is 25.1 Å². The number of benzene rings is 1. The van der Waals surface area contributed by atoms with Gasteiger partial charge in [0.1, 0.15) is 5.82 Å². The minimum absolute atomic E-state index is 0.0638. The number of aromatic nitrogens is 4. The van der Waals surface area contributed by atoms with Crippen molar-refractivity contribution in [3.63, 3.8) is 0 Å². The maximum atomic E-state index is 11.5. The van der Waals surface area contributed by atoms with Crippen LogP contribution in [0.3, 0.4) is 0 Å². The van der Waals surface area contributed by atoms with Gasteiger partial charge in [-0.25, -0.2) is 9.67 Å². The number of carbonyl (C=O) groups is 1. The van der Waals surface area contributed by atoms with Crippen LogP contribution < -0.4 is 5.32 Å². The normalized spacial score (nSPS) is 16.5. The zero-order valence-electron chi connectivity index (χ0n) is 14.4. The number of halogens is 2. The van der Waals surface area contributed by atoms with Gasteiger partial charge >= 0.3 is 0 Å². The Morgan fingerprint density at radius 2 is 2.00 bits per heavy atom. The maximum Gasteiger partial charge on any atom is 0.220 e. The second kappa shape index (κ2) is 7.66.